The highest BCUT2D eigenvalue weighted by atomic mass is 31.2. The third kappa shape index (κ3) is 31.2. The van der Waals surface area contributed by atoms with Crippen LogP contribution in [-0.2, 0) is 41.8 Å². The molecule has 1 aliphatic carbocycles. The van der Waals surface area contributed by atoms with Crippen molar-refractivity contribution < 1.29 is 76.9 Å². The minimum atomic E-state index is -5.31. The Hall–Kier alpha value is -1.52. The molecule has 1 aliphatic rings. The summed E-state index contributed by atoms with van der Waals surface area (Å²) in [4.78, 5) is 54.0. The average molecular weight is 943 g/mol. The summed E-state index contributed by atoms with van der Waals surface area (Å²) >= 11 is 0. The molecule has 0 amide bonds. The van der Waals surface area contributed by atoms with Crippen LogP contribution in [0.15, 0.2) is 24.3 Å². The Balaban J connectivity index is 2.58. The highest BCUT2D eigenvalue weighted by Gasteiger charge is 2.54. The van der Waals surface area contributed by atoms with Crippen molar-refractivity contribution in [1.29, 1.82) is 0 Å². The van der Waals surface area contributed by atoms with E-state index in [9.17, 15) is 44.0 Å². The second-order valence-corrected chi connectivity index (χ2v) is 19.4. The van der Waals surface area contributed by atoms with E-state index in [1.165, 1.54) is 77.0 Å². The van der Waals surface area contributed by atoms with Crippen molar-refractivity contribution in [2.24, 2.45) is 0 Å². The van der Waals surface area contributed by atoms with Gasteiger partial charge in [-0.15, -0.1) is 0 Å². The number of ether oxygens (including phenoxy) is 2. The highest BCUT2D eigenvalue weighted by molar-refractivity contribution is 7.47. The van der Waals surface area contributed by atoms with Gasteiger partial charge in [0.2, 0.25) is 0 Å². The first kappa shape index (κ1) is 59.5. The van der Waals surface area contributed by atoms with Crippen LogP contribution in [0.1, 0.15) is 194 Å². The lowest BCUT2D eigenvalue weighted by atomic mass is 9.85. The smallest absolute Gasteiger partial charge is 0.462 e. The molecule has 0 bridgehead atoms. The van der Waals surface area contributed by atoms with Crippen molar-refractivity contribution in [3.8, 4) is 0 Å². The van der Waals surface area contributed by atoms with E-state index in [0.717, 1.165) is 77.0 Å². The zero-order valence-corrected chi connectivity index (χ0v) is 40.1. The summed E-state index contributed by atoms with van der Waals surface area (Å²) in [5, 5.41) is 41.5. The van der Waals surface area contributed by atoms with E-state index in [2.05, 4.69) is 42.7 Å². The molecule has 0 aliphatic heterocycles. The number of allylic oxidation sites excluding steroid dienone is 4. The van der Waals surface area contributed by atoms with Gasteiger partial charge in [0.1, 0.15) is 43.2 Å². The Bertz CT molecular complexity index is 1310. The molecule has 1 saturated carbocycles. The van der Waals surface area contributed by atoms with E-state index < -0.39 is 83.5 Å². The molecule has 0 saturated heterocycles. The average Bonchev–Trinajstić information content (AvgIpc) is 3.23. The number of unbranched alkanes of at least 4 members (excludes halogenated alkanes) is 22. The van der Waals surface area contributed by atoms with Crippen LogP contribution in [0.5, 0.6) is 0 Å². The summed E-state index contributed by atoms with van der Waals surface area (Å²) in [6.07, 6.45) is 22.9. The fourth-order valence-corrected chi connectivity index (χ4v) is 8.79. The molecule has 0 aromatic rings. The fourth-order valence-electron chi connectivity index (χ4n) is 7.25. The predicted octanol–water partition coefficient (Wildman–Crippen LogP) is 8.95. The van der Waals surface area contributed by atoms with Crippen LogP contribution in [0.3, 0.4) is 0 Å². The standard InChI is InChI=1S/C45H84O16P2/c1-3-5-7-9-11-13-15-17-19-21-23-25-27-29-31-33-38(46)57-35-37(59-39(47)34-32-30-28-26-24-22-20-18-16-14-12-10-8-6-4-2)36-58-63(55,56)61-45-42(50)40(48)44(41(49)43(45)51)60-62(52,53)54/h17-20,37,40-45,48-51H,3-16,21-36H2,1-2H3,(H,55,56)(H2,52,53,54)/b19-17-,20-18-/t37-,40-,41+,42-,43-,44?,45?/m1/s1. The molecule has 0 heterocycles. The van der Waals surface area contributed by atoms with E-state index in [1.54, 1.807) is 0 Å². The van der Waals surface area contributed by atoms with E-state index >= 15 is 0 Å². The lowest BCUT2D eigenvalue weighted by Crippen LogP contribution is -2.64. The normalized spacial score (nSPS) is 22.1. The topological polar surface area (TPSA) is 256 Å². The first-order chi connectivity index (χ1) is 30.1. The van der Waals surface area contributed by atoms with E-state index in [4.69, 9.17) is 28.3 Å². The van der Waals surface area contributed by atoms with Crippen LogP contribution in [-0.4, -0.2) is 103 Å². The van der Waals surface area contributed by atoms with Crippen LogP contribution in [0.4, 0.5) is 0 Å². The minimum absolute atomic E-state index is 0.0406. The van der Waals surface area contributed by atoms with E-state index in [-0.39, 0.29) is 12.8 Å². The summed E-state index contributed by atoms with van der Waals surface area (Å²) in [5.41, 5.74) is 0. The second kappa shape index (κ2) is 36.6. The zero-order chi connectivity index (χ0) is 46.8. The van der Waals surface area contributed by atoms with Crippen molar-refractivity contribution in [1.82, 2.24) is 0 Å². The first-order valence-electron chi connectivity index (χ1n) is 23.9. The quantitative estimate of drug-likeness (QED) is 0.0131. The number of esters is 2. The molecule has 1 fully saturated rings. The summed E-state index contributed by atoms with van der Waals surface area (Å²) in [7, 11) is -10.6. The molecule has 63 heavy (non-hydrogen) atoms. The van der Waals surface area contributed by atoms with Crippen molar-refractivity contribution in [3.63, 3.8) is 0 Å². The maximum Gasteiger partial charge on any atom is 0.472 e. The minimum Gasteiger partial charge on any atom is -0.462 e. The third-order valence-corrected chi connectivity index (χ3v) is 12.5. The molecule has 370 valence electrons. The molecule has 1 rings (SSSR count). The molecule has 0 spiro atoms. The van der Waals surface area contributed by atoms with E-state index in [0.29, 0.717) is 12.8 Å². The van der Waals surface area contributed by atoms with Gasteiger partial charge in [-0.1, -0.05) is 141 Å². The Kier molecular flexibility index (Phi) is 34.5. The summed E-state index contributed by atoms with van der Waals surface area (Å²) in [5.74, 6) is -1.21. The van der Waals surface area contributed by atoms with Gasteiger partial charge < -0.3 is 44.6 Å². The SMILES string of the molecule is CCCCCCCC/C=C\CCCCCCCC(=O)OC[C@H](COP(=O)(O)OC1[C@H](O)[C@H](O)C(OP(=O)(O)O)[C@H](O)[C@H]1O)OC(=O)CCCCCCC/C=C\CCCCCCCC. The molecule has 0 aromatic heterocycles. The van der Waals surface area contributed by atoms with Crippen molar-refractivity contribution >= 4 is 27.6 Å². The van der Waals surface area contributed by atoms with Crippen LogP contribution in [0.2, 0.25) is 0 Å². The molecule has 3 unspecified atom stereocenters. The van der Waals surface area contributed by atoms with Gasteiger partial charge in [-0.3, -0.25) is 23.2 Å². The molecule has 0 radical (unpaired) electrons. The third-order valence-electron chi connectivity index (χ3n) is 11.0. The molecule has 18 heteroatoms. The highest BCUT2D eigenvalue weighted by Crippen LogP contribution is 2.48. The van der Waals surface area contributed by atoms with Gasteiger partial charge in [0.25, 0.3) is 0 Å². The van der Waals surface area contributed by atoms with Crippen molar-refractivity contribution in [2.75, 3.05) is 13.2 Å². The van der Waals surface area contributed by atoms with Gasteiger partial charge in [-0.05, 0) is 64.2 Å². The predicted molar refractivity (Wildman–Crippen MR) is 241 cm³/mol. The van der Waals surface area contributed by atoms with Gasteiger partial charge in [0.15, 0.2) is 6.10 Å². The van der Waals surface area contributed by atoms with Gasteiger partial charge in [0, 0.05) is 12.8 Å². The monoisotopic (exact) mass is 943 g/mol. The fraction of sp³-hybridized carbons (Fsp3) is 0.867. The number of phosphoric ester groups is 2. The van der Waals surface area contributed by atoms with Gasteiger partial charge in [0.05, 0.1) is 6.61 Å². The Morgan fingerprint density at radius 1 is 0.492 bits per heavy atom. The van der Waals surface area contributed by atoms with Gasteiger partial charge in [-0.2, -0.15) is 0 Å². The number of hydrogen-bond donors (Lipinski definition) is 7. The number of carbonyl (C=O) groups excluding carboxylic acids is 2. The Morgan fingerprint density at radius 3 is 1.24 bits per heavy atom. The molecule has 8 atom stereocenters. The zero-order valence-electron chi connectivity index (χ0n) is 38.3. The molecule has 7 N–H and O–H groups in total. The second-order valence-electron chi connectivity index (χ2n) is 16.8. The number of phosphoric acid groups is 2. The van der Waals surface area contributed by atoms with Crippen LogP contribution >= 0.6 is 15.6 Å². The molecular weight excluding hydrogens is 858 g/mol. The lowest BCUT2D eigenvalue weighted by Gasteiger charge is -2.43. The maximum absolute atomic E-state index is 12.9. The number of rotatable bonds is 40. The van der Waals surface area contributed by atoms with Gasteiger partial charge >= 0.3 is 27.6 Å². The first-order valence-corrected chi connectivity index (χ1v) is 26.9. The molecular formula is C45H84O16P2. The lowest BCUT2D eigenvalue weighted by molar-refractivity contribution is -0.216. The largest absolute Gasteiger partial charge is 0.472 e. The number of aliphatic hydroxyl groups excluding tert-OH is 4. The molecule has 0 aromatic carbocycles. The van der Waals surface area contributed by atoms with Crippen LogP contribution in [0, 0.1) is 0 Å². The van der Waals surface area contributed by atoms with Crippen molar-refractivity contribution in [2.45, 2.75) is 236 Å². The summed E-state index contributed by atoms with van der Waals surface area (Å²) in [6, 6.07) is 0. The van der Waals surface area contributed by atoms with Gasteiger partial charge in [-0.25, -0.2) is 9.13 Å². The molecule has 16 nitrogen and oxygen atoms in total. The number of hydrogen-bond acceptors (Lipinski definition) is 13. The number of carbonyl (C=O) groups is 2. The summed E-state index contributed by atoms with van der Waals surface area (Å²) < 4.78 is 49.1. The van der Waals surface area contributed by atoms with Crippen LogP contribution in [0.25, 0.3) is 0 Å². The Morgan fingerprint density at radius 2 is 0.841 bits per heavy atom. The number of aliphatic hydroxyl groups is 4. The van der Waals surface area contributed by atoms with Crippen molar-refractivity contribution in [3.05, 3.63) is 24.3 Å². The summed E-state index contributed by atoms with van der Waals surface area (Å²) in [6.45, 7) is 3.12. The maximum atomic E-state index is 12.9. The Labute approximate surface area is 377 Å². The van der Waals surface area contributed by atoms with Crippen LogP contribution < -0.4 is 0 Å². The van der Waals surface area contributed by atoms with E-state index in [1.807, 2.05) is 0 Å².